The third-order valence-electron chi connectivity index (χ3n) is 1.74. The van der Waals surface area contributed by atoms with E-state index in [2.05, 4.69) is 18.3 Å². The predicted molar refractivity (Wildman–Crippen MR) is 46.3 cm³/mol. The molecule has 1 aromatic heterocycles. The van der Waals surface area contributed by atoms with Gasteiger partial charge in [0.1, 0.15) is 6.10 Å². The van der Waals surface area contributed by atoms with E-state index in [1.807, 2.05) is 6.07 Å². The molecule has 0 saturated carbocycles. The van der Waals surface area contributed by atoms with Gasteiger partial charge >= 0.3 is 0 Å². The largest absolute Gasteiger partial charge is 0.478 e. The van der Waals surface area contributed by atoms with Crippen molar-refractivity contribution in [3.8, 4) is 5.06 Å². The number of thiophene rings is 1. The molecule has 1 aliphatic rings. The van der Waals surface area contributed by atoms with Crippen LogP contribution in [0.3, 0.4) is 0 Å². The highest BCUT2D eigenvalue weighted by atomic mass is 32.1. The molecule has 0 aliphatic carbocycles. The number of aryl methyl sites for hydroxylation is 1. The quantitative estimate of drug-likeness (QED) is 0.722. The van der Waals surface area contributed by atoms with E-state index < -0.39 is 0 Å². The molecule has 60 valence electrons. The van der Waals surface area contributed by atoms with Gasteiger partial charge in [-0.3, -0.25) is 0 Å². The Morgan fingerprint density at radius 3 is 2.82 bits per heavy atom. The Balaban J connectivity index is 1.95. The van der Waals surface area contributed by atoms with E-state index >= 15 is 0 Å². The number of hydrogen-bond acceptors (Lipinski definition) is 3. The van der Waals surface area contributed by atoms with Crippen LogP contribution in [-0.2, 0) is 0 Å². The summed E-state index contributed by atoms with van der Waals surface area (Å²) in [7, 11) is 0. The van der Waals surface area contributed by atoms with Gasteiger partial charge in [-0.25, -0.2) is 0 Å². The normalized spacial score (nSPS) is 17.9. The summed E-state index contributed by atoms with van der Waals surface area (Å²) in [6.07, 6.45) is 0.410. The molecule has 2 nitrogen and oxygen atoms in total. The van der Waals surface area contributed by atoms with Crippen LogP contribution in [0.2, 0.25) is 0 Å². The lowest BCUT2D eigenvalue weighted by Crippen LogP contribution is -2.50. The van der Waals surface area contributed by atoms with Crippen LogP contribution in [0.5, 0.6) is 5.06 Å². The van der Waals surface area contributed by atoms with E-state index in [9.17, 15) is 0 Å². The summed E-state index contributed by atoms with van der Waals surface area (Å²) in [6.45, 7) is 4.09. The minimum Gasteiger partial charge on any atom is -0.478 e. The zero-order valence-electron chi connectivity index (χ0n) is 6.46. The monoisotopic (exact) mass is 169 g/mol. The average Bonchev–Trinajstić information content (AvgIpc) is 2.27. The van der Waals surface area contributed by atoms with E-state index in [4.69, 9.17) is 4.74 Å². The van der Waals surface area contributed by atoms with Gasteiger partial charge in [0.05, 0.1) is 0 Å². The van der Waals surface area contributed by atoms with Crippen molar-refractivity contribution in [3.63, 3.8) is 0 Å². The maximum absolute atomic E-state index is 5.63. The van der Waals surface area contributed by atoms with Crippen LogP contribution < -0.4 is 10.1 Å². The standard InChI is InChI=1S/C8H11NOS/c1-6-2-3-8(11-6)10-7-4-9-5-7/h2-3,7,9H,4-5H2,1H3. The molecule has 0 spiro atoms. The average molecular weight is 169 g/mol. The molecule has 2 heterocycles. The fourth-order valence-corrected chi connectivity index (χ4v) is 1.76. The van der Waals surface area contributed by atoms with Gasteiger partial charge in [-0.15, -0.1) is 11.3 Å². The van der Waals surface area contributed by atoms with Gasteiger partial charge in [0.25, 0.3) is 0 Å². The van der Waals surface area contributed by atoms with Gasteiger partial charge in [-0.05, 0) is 19.1 Å². The van der Waals surface area contributed by atoms with Gasteiger partial charge in [-0.1, -0.05) is 0 Å². The van der Waals surface area contributed by atoms with Gasteiger partial charge in [0.15, 0.2) is 5.06 Å². The first-order valence-corrected chi connectivity index (χ1v) is 4.60. The number of rotatable bonds is 2. The van der Waals surface area contributed by atoms with Crippen molar-refractivity contribution >= 4 is 11.3 Å². The zero-order valence-corrected chi connectivity index (χ0v) is 7.28. The van der Waals surface area contributed by atoms with Crippen LogP contribution in [-0.4, -0.2) is 19.2 Å². The van der Waals surface area contributed by atoms with Crippen LogP contribution in [0.4, 0.5) is 0 Å². The highest BCUT2D eigenvalue weighted by Gasteiger charge is 2.18. The molecular weight excluding hydrogens is 158 g/mol. The molecular formula is C8H11NOS. The summed E-state index contributed by atoms with van der Waals surface area (Å²) in [5, 5.41) is 4.22. The number of nitrogens with one attached hydrogen (secondary N) is 1. The van der Waals surface area contributed by atoms with Crippen LogP contribution in [0.15, 0.2) is 12.1 Å². The van der Waals surface area contributed by atoms with E-state index in [0.717, 1.165) is 18.2 Å². The molecule has 1 aromatic rings. The predicted octanol–water partition coefficient (Wildman–Crippen LogP) is 1.41. The Bertz CT molecular complexity index is 242. The second-order valence-electron chi connectivity index (χ2n) is 2.76. The first-order chi connectivity index (χ1) is 5.34. The molecule has 1 fully saturated rings. The Labute approximate surface area is 70.2 Å². The lowest BCUT2D eigenvalue weighted by atomic mass is 10.2. The third kappa shape index (κ3) is 1.54. The van der Waals surface area contributed by atoms with Crippen molar-refractivity contribution in [1.29, 1.82) is 0 Å². The van der Waals surface area contributed by atoms with Crippen molar-refractivity contribution < 1.29 is 4.74 Å². The molecule has 0 unspecified atom stereocenters. The molecule has 11 heavy (non-hydrogen) atoms. The van der Waals surface area contributed by atoms with Gasteiger partial charge < -0.3 is 10.1 Å². The van der Waals surface area contributed by atoms with Crippen LogP contribution in [0, 0.1) is 6.92 Å². The fourth-order valence-electron chi connectivity index (χ4n) is 0.985. The maximum atomic E-state index is 5.63. The molecule has 1 aliphatic heterocycles. The summed E-state index contributed by atoms with van der Waals surface area (Å²) in [5.74, 6) is 0. The molecule has 0 atom stereocenters. The van der Waals surface area contributed by atoms with E-state index in [-0.39, 0.29) is 0 Å². The first kappa shape index (κ1) is 7.13. The van der Waals surface area contributed by atoms with Crippen molar-refractivity contribution in [3.05, 3.63) is 17.0 Å². The summed E-state index contributed by atoms with van der Waals surface area (Å²) < 4.78 is 5.63. The molecule has 3 heteroatoms. The Hall–Kier alpha value is -0.540. The minimum atomic E-state index is 0.410. The summed E-state index contributed by atoms with van der Waals surface area (Å²) >= 11 is 1.72. The van der Waals surface area contributed by atoms with Crippen LogP contribution in [0.1, 0.15) is 4.88 Å². The Kier molecular flexibility index (Phi) is 1.84. The highest BCUT2D eigenvalue weighted by molar-refractivity contribution is 7.13. The van der Waals surface area contributed by atoms with Crippen molar-refractivity contribution in [2.24, 2.45) is 0 Å². The van der Waals surface area contributed by atoms with Crippen molar-refractivity contribution in [2.75, 3.05) is 13.1 Å². The Morgan fingerprint density at radius 1 is 1.55 bits per heavy atom. The molecule has 0 bridgehead atoms. The van der Waals surface area contributed by atoms with Crippen molar-refractivity contribution in [2.45, 2.75) is 13.0 Å². The second-order valence-corrected chi connectivity index (χ2v) is 4.01. The molecule has 0 radical (unpaired) electrons. The van der Waals surface area contributed by atoms with Crippen LogP contribution >= 0.6 is 11.3 Å². The summed E-state index contributed by atoms with van der Waals surface area (Å²) in [6, 6.07) is 4.13. The first-order valence-electron chi connectivity index (χ1n) is 3.78. The molecule has 0 amide bonds. The minimum absolute atomic E-state index is 0.410. The SMILES string of the molecule is Cc1ccc(OC2CNC2)s1. The summed E-state index contributed by atoms with van der Waals surface area (Å²) in [5.41, 5.74) is 0. The lowest BCUT2D eigenvalue weighted by molar-refractivity contribution is 0.147. The van der Waals surface area contributed by atoms with Gasteiger partial charge in [-0.2, -0.15) is 0 Å². The van der Waals surface area contributed by atoms with Crippen molar-refractivity contribution in [1.82, 2.24) is 5.32 Å². The fraction of sp³-hybridized carbons (Fsp3) is 0.500. The lowest BCUT2D eigenvalue weighted by Gasteiger charge is -2.26. The molecule has 1 N–H and O–H groups in total. The smallest absolute Gasteiger partial charge is 0.174 e. The van der Waals surface area contributed by atoms with Crippen LogP contribution in [0.25, 0.3) is 0 Å². The number of ether oxygens (including phenoxy) is 1. The zero-order chi connectivity index (χ0) is 7.68. The summed E-state index contributed by atoms with van der Waals surface area (Å²) in [4.78, 5) is 1.31. The molecule has 0 aromatic carbocycles. The maximum Gasteiger partial charge on any atom is 0.174 e. The van der Waals surface area contributed by atoms with E-state index in [1.54, 1.807) is 11.3 Å². The van der Waals surface area contributed by atoms with Gasteiger partial charge in [0.2, 0.25) is 0 Å². The Morgan fingerprint density at radius 2 is 2.36 bits per heavy atom. The van der Waals surface area contributed by atoms with E-state index in [1.165, 1.54) is 4.88 Å². The topological polar surface area (TPSA) is 21.3 Å². The number of hydrogen-bond donors (Lipinski definition) is 1. The van der Waals surface area contributed by atoms with Gasteiger partial charge in [0, 0.05) is 18.0 Å². The second kappa shape index (κ2) is 2.83. The van der Waals surface area contributed by atoms with E-state index in [0.29, 0.717) is 6.10 Å². The third-order valence-corrected chi connectivity index (χ3v) is 2.63. The molecule has 2 rings (SSSR count). The molecule has 1 saturated heterocycles. The highest BCUT2D eigenvalue weighted by Crippen LogP contribution is 2.24.